The van der Waals surface area contributed by atoms with E-state index in [2.05, 4.69) is 120 Å². The first-order chi connectivity index (χ1) is 16.5. The molecule has 0 heterocycles. The second-order valence-electron chi connectivity index (χ2n) is 11.6. The third-order valence-electron chi connectivity index (χ3n) is 7.45. The lowest BCUT2D eigenvalue weighted by Gasteiger charge is -2.48. The normalized spacial score (nSPS) is 14.4. The van der Waals surface area contributed by atoms with Crippen molar-refractivity contribution in [1.82, 2.24) is 0 Å². The highest BCUT2D eigenvalue weighted by molar-refractivity contribution is 7.16. The summed E-state index contributed by atoms with van der Waals surface area (Å²) >= 11 is 0. The smallest absolute Gasteiger partial charge is 0.301 e. The van der Waals surface area contributed by atoms with Crippen LogP contribution < -0.4 is 25.9 Å². The van der Waals surface area contributed by atoms with Gasteiger partial charge in [0.2, 0.25) is 0 Å². The maximum Gasteiger partial charge on any atom is 0.313 e. The number of halogens is 1. The molecule has 0 saturated carbocycles. The van der Waals surface area contributed by atoms with Gasteiger partial charge in [-0.3, -0.25) is 0 Å². The molecular weight excluding hydrogens is 460 g/mol. The minimum Gasteiger partial charge on any atom is -0.301 e. The van der Waals surface area contributed by atoms with Gasteiger partial charge in [-0.05, 0) is 36.0 Å². The first-order valence-corrected chi connectivity index (χ1v) is 16.4. The van der Waals surface area contributed by atoms with Gasteiger partial charge in [-0.1, -0.05) is 157 Å². The van der Waals surface area contributed by atoms with Crippen LogP contribution in [0.4, 0.5) is 4.11 Å². The van der Waals surface area contributed by atoms with Crippen LogP contribution in [-0.4, -0.2) is 16.5 Å². The molecule has 3 heteroatoms. The summed E-state index contributed by atoms with van der Waals surface area (Å²) in [4.78, 5) is 0. The molecule has 4 rings (SSSR count). The van der Waals surface area contributed by atoms with Crippen molar-refractivity contribution in [3.05, 3.63) is 115 Å². The predicted molar refractivity (Wildman–Crippen MR) is 156 cm³/mol. The van der Waals surface area contributed by atoms with Gasteiger partial charge < -0.3 is 4.11 Å². The Kier molecular flexibility index (Phi) is 6.78. The van der Waals surface area contributed by atoms with Crippen molar-refractivity contribution < 1.29 is 4.11 Å². The quantitative estimate of drug-likeness (QED) is 0.186. The van der Waals surface area contributed by atoms with Gasteiger partial charge in [0.15, 0.2) is 8.07 Å². The molecule has 4 aromatic rings. The lowest BCUT2D eigenvalue weighted by molar-refractivity contribution is 0.642. The van der Waals surface area contributed by atoms with Gasteiger partial charge in [0, 0.05) is 0 Å². The molecule has 35 heavy (non-hydrogen) atoms. The maximum absolute atomic E-state index is 18.1. The van der Waals surface area contributed by atoms with Gasteiger partial charge in [0.1, 0.15) is 0 Å². The first-order valence-electron chi connectivity index (χ1n) is 12.5. The van der Waals surface area contributed by atoms with Crippen LogP contribution in [0.1, 0.15) is 41.5 Å². The van der Waals surface area contributed by atoms with Crippen molar-refractivity contribution in [3.8, 4) is 0 Å². The molecule has 0 aliphatic heterocycles. The molecule has 0 radical (unpaired) electrons. The highest BCUT2D eigenvalue weighted by atomic mass is 28.4. The zero-order valence-corrected chi connectivity index (χ0v) is 23.8. The van der Waals surface area contributed by atoms with Crippen LogP contribution in [-0.2, 0) is 0 Å². The summed E-state index contributed by atoms with van der Waals surface area (Å²) < 4.78 is 18.1. The average Bonchev–Trinajstić information content (AvgIpc) is 2.85. The summed E-state index contributed by atoms with van der Waals surface area (Å²) in [5.74, 6) is 0. The Morgan fingerprint density at radius 2 is 0.771 bits per heavy atom. The van der Waals surface area contributed by atoms with E-state index in [0.29, 0.717) is 0 Å². The third-order valence-corrected chi connectivity index (χ3v) is 18.0. The molecule has 1 unspecified atom stereocenters. The van der Waals surface area contributed by atoms with Gasteiger partial charge in [0.05, 0.1) is 0 Å². The topological polar surface area (TPSA) is 0 Å². The first kappa shape index (κ1) is 25.3. The highest BCUT2D eigenvalue weighted by Crippen LogP contribution is 2.39. The van der Waals surface area contributed by atoms with Crippen LogP contribution >= 0.6 is 0 Å². The minimum absolute atomic E-state index is 0.101. The van der Waals surface area contributed by atoms with Gasteiger partial charge in [0.25, 0.3) is 0 Å². The Morgan fingerprint density at radius 1 is 0.429 bits per heavy atom. The fraction of sp³-hybridized carbons (Fsp3) is 0.250. The third kappa shape index (κ3) is 4.15. The van der Waals surface area contributed by atoms with Crippen molar-refractivity contribution in [3.63, 3.8) is 0 Å². The summed E-state index contributed by atoms with van der Waals surface area (Å²) in [5, 5.41) is 5.00. The standard InChI is InChI=1S/C32H37FSi2/c1-31(2,3)34(26-18-10-7-11-19-26,27-20-12-8-13-21-27)29-24-16-17-25-30(29)35(33,32(4,5)6)28-22-14-9-15-23-28/h7-25H,1-6H3. The van der Waals surface area contributed by atoms with Crippen molar-refractivity contribution in [1.29, 1.82) is 0 Å². The van der Waals surface area contributed by atoms with Crippen molar-refractivity contribution in [2.45, 2.75) is 51.6 Å². The molecule has 0 saturated heterocycles. The highest BCUT2D eigenvalue weighted by Gasteiger charge is 2.56. The van der Waals surface area contributed by atoms with E-state index in [4.69, 9.17) is 0 Å². The molecule has 0 fully saturated rings. The molecule has 0 spiro atoms. The zero-order chi connectivity index (χ0) is 25.3. The summed E-state index contributed by atoms with van der Waals surface area (Å²) in [6.45, 7) is 13.3. The Hall–Kier alpha value is -2.76. The summed E-state index contributed by atoms with van der Waals surface area (Å²) in [7, 11) is -6.36. The van der Waals surface area contributed by atoms with E-state index in [9.17, 15) is 0 Å². The van der Waals surface area contributed by atoms with Crippen molar-refractivity contribution >= 4 is 42.4 Å². The zero-order valence-electron chi connectivity index (χ0n) is 21.8. The number of rotatable bonds is 5. The summed E-state index contributed by atoms with van der Waals surface area (Å²) in [6.07, 6.45) is 0. The Labute approximate surface area is 213 Å². The van der Waals surface area contributed by atoms with Crippen LogP contribution in [0.3, 0.4) is 0 Å². The van der Waals surface area contributed by atoms with Crippen LogP contribution in [0.5, 0.6) is 0 Å². The molecule has 4 aromatic carbocycles. The van der Waals surface area contributed by atoms with Crippen molar-refractivity contribution in [2.75, 3.05) is 0 Å². The molecule has 0 aromatic heterocycles. The molecule has 0 nitrogen and oxygen atoms in total. The number of benzene rings is 4. The van der Waals surface area contributed by atoms with E-state index in [1.54, 1.807) is 0 Å². The number of hydrogen-bond donors (Lipinski definition) is 0. The van der Waals surface area contributed by atoms with Gasteiger partial charge in [-0.2, -0.15) is 0 Å². The summed E-state index contributed by atoms with van der Waals surface area (Å²) in [6, 6.07) is 40.2. The van der Waals surface area contributed by atoms with E-state index in [0.717, 1.165) is 10.4 Å². The Bertz CT molecular complexity index is 1220. The Morgan fingerprint density at radius 3 is 1.14 bits per heavy atom. The molecule has 0 aliphatic rings. The van der Waals surface area contributed by atoms with E-state index < -0.39 is 21.5 Å². The van der Waals surface area contributed by atoms with Gasteiger partial charge >= 0.3 is 8.41 Å². The van der Waals surface area contributed by atoms with Gasteiger partial charge in [-0.25, -0.2) is 0 Å². The van der Waals surface area contributed by atoms with E-state index in [1.165, 1.54) is 15.6 Å². The summed E-state index contributed by atoms with van der Waals surface area (Å²) in [5.41, 5.74) is 0. The monoisotopic (exact) mass is 496 g/mol. The van der Waals surface area contributed by atoms with E-state index >= 15 is 4.11 Å². The molecule has 0 N–H and O–H groups in total. The predicted octanol–water partition coefficient (Wildman–Crippen LogP) is 5.79. The molecule has 0 bridgehead atoms. The lowest BCUT2D eigenvalue weighted by atomic mass is 10.2. The van der Waals surface area contributed by atoms with Gasteiger partial charge in [-0.15, -0.1) is 0 Å². The second-order valence-corrected chi connectivity index (χ2v) is 20.2. The SMILES string of the molecule is CC(C)(C)[Si](F)(c1ccccc1)c1ccccc1[Si](c1ccccc1)(c1ccccc1)C(C)(C)C. The fourth-order valence-electron chi connectivity index (χ4n) is 5.89. The van der Waals surface area contributed by atoms with Crippen LogP contribution in [0, 0.1) is 0 Å². The average molecular weight is 497 g/mol. The van der Waals surface area contributed by atoms with E-state index in [1.807, 2.05) is 36.4 Å². The van der Waals surface area contributed by atoms with Crippen LogP contribution in [0.15, 0.2) is 115 Å². The van der Waals surface area contributed by atoms with E-state index in [-0.39, 0.29) is 5.04 Å². The van der Waals surface area contributed by atoms with Crippen molar-refractivity contribution in [2.24, 2.45) is 0 Å². The molecule has 180 valence electrons. The van der Waals surface area contributed by atoms with Crippen LogP contribution in [0.25, 0.3) is 0 Å². The fourth-order valence-corrected chi connectivity index (χ4v) is 16.1. The molecule has 1 atom stereocenters. The molecule has 0 amide bonds. The lowest BCUT2D eigenvalue weighted by Crippen LogP contribution is -2.79. The Balaban J connectivity index is 2.19. The maximum atomic E-state index is 18.1. The number of hydrogen-bond acceptors (Lipinski definition) is 0. The van der Waals surface area contributed by atoms with Crippen LogP contribution in [0.2, 0.25) is 10.1 Å². The molecular formula is C32H37FSi2. The second kappa shape index (κ2) is 9.36. The molecule has 0 aliphatic carbocycles. The minimum atomic E-state index is -3.67. The largest absolute Gasteiger partial charge is 0.313 e.